The number of nitro groups is 1. The van der Waals surface area contributed by atoms with E-state index in [0.29, 0.717) is 4.80 Å². The van der Waals surface area contributed by atoms with Crippen molar-refractivity contribution >= 4 is 29.1 Å². The standard InChI is InChI=1S/C23H20N4O3S/c1-15-4-7-18(8-5-15)21-14-31-23(25-19-9-6-16(2)17(3)12-19)26(21)24-13-20-10-11-22(30-20)27(28)29/h4-14H,1-3H3. The summed E-state index contributed by atoms with van der Waals surface area (Å²) in [7, 11) is 0. The molecule has 0 saturated carbocycles. The lowest BCUT2D eigenvalue weighted by molar-refractivity contribution is -0.402. The zero-order valence-electron chi connectivity index (χ0n) is 17.3. The molecule has 2 heterocycles. The zero-order valence-corrected chi connectivity index (χ0v) is 18.1. The second kappa shape index (κ2) is 8.53. The average molecular weight is 433 g/mol. The minimum atomic E-state index is -0.576. The molecular formula is C23H20N4O3S. The van der Waals surface area contributed by atoms with E-state index >= 15 is 0 Å². The summed E-state index contributed by atoms with van der Waals surface area (Å²) in [6.45, 7) is 6.15. The second-order valence-electron chi connectivity index (χ2n) is 7.14. The van der Waals surface area contributed by atoms with Crippen LogP contribution in [0.3, 0.4) is 0 Å². The summed E-state index contributed by atoms with van der Waals surface area (Å²) in [6.07, 6.45) is 1.46. The first-order chi connectivity index (χ1) is 14.9. The molecule has 0 fully saturated rings. The highest BCUT2D eigenvalue weighted by Crippen LogP contribution is 2.22. The van der Waals surface area contributed by atoms with Crippen LogP contribution in [0.5, 0.6) is 0 Å². The number of aryl methyl sites for hydroxylation is 3. The van der Waals surface area contributed by atoms with Crippen LogP contribution in [0.15, 0.2) is 74.5 Å². The molecule has 2 aromatic heterocycles. The zero-order chi connectivity index (χ0) is 22.0. The predicted molar refractivity (Wildman–Crippen MR) is 122 cm³/mol. The molecule has 4 rings (SSSR count). The molecule has 2 aromatic carbocycles. The lowest BCUT2D eigenvalue weighted by atomic mass is 10.1. The molecule has 7 nitrogen and oxygen atoms in total. The molecule has 0 spiro atoms. The van der Waals surface area contributed by atoms with Crippen LogP contribution in [-0.2, 0) is 0 Å². The molecule has 0 N–H and O–H groups in total. The van der Waals surface area contributed by atoms with E-state index in [4.69, 9.17) is 9.41 Å². The van der Waals surface area contributed by atoms with Gasteiger partial charge in [-0.2, -0.15) is 5.10 Å². The maximum Gasteiger partial charge on any atom is 0.433 e. The fraction of sp³-hybridized carbons (Fsp3) is 0.130. The van der Waals surface area contributed by atoms with Gasteiger partial charge in [0, 0.05) is 10.9 Å². The van der Waals surface area contributed by atoms with Gasteiger partial charge in [0.15, 0.2) is 5.76 Å². The van der Waals surface area contributed by atoms with Crippen LogP contribution in [-0.4, -0.2) is 15.8 Å². The summed E-state index contributed by atoms with van der Waals surface area (Å²) in [6, 6.07) is 17.0. The van der Waals surface area contributed by atoms with Gasteiger partial charge in [-0.05, 0) is 50.1 Å². The summed E-state index contributed by atoms with van der Waals surface area (Å²) < 4.78 is 6.92. The Morgan fingerprint density at radius 3 is 2.48 bits per heavy atom. The number of benzene rings is 2. The van der Waals surface area contributed by atoms with Gasteiger partial charge in [0.05, 0.1) is 23.7 Å². The SMILES string of the molecule is Cc1ccc(-c2csc(=Nc3ccc(C)c(C)c3)n2N=Cc2ccc([N+](=O)[O-])o2)cc1. The van der Waals surface area contributed by atoms with Gasteiger partial charge >= 0.3 is 5.88 Å². The van der Waals surface area contributed by atoms with Crippen molar-refractivity contribution in [3.63, 3.8) is 0 Å². The van der Waals surface area contributed by atoms with Crippen molar-refractivity contribution in [2.24, 2.45) is 10.1 Å². The fourth-order valence-electron chi connectivity index (χ4n) is 2.94. The van der Waals surface area contributed by atoms with E-state index in [2.05, 4.69) is 18.9 Å². The summed E-state index contributed by atoms with van der Waals surface area (Å²) in [5.41, 5.74) is 6.22. The van der Waals surface area contributed by atoms with E-state index in [1.807, 2.05) is 54.8 Å². The van der Waals surface area contributed by atoms with E-state index in [1.54, 1.807) is 4.68 Å². The van der Waals surface area contributed by atoms with Gasteiger partial charge in [-0.3, -0.25) is 10.1 Å². The van der Waals surface area contributed by atoms with Crippen molar-refractivity contribution in [3.05, 3.63) is 97.3 Å². The normalized spacial score (nSPS) is 12.0. The van der Waals surface area contributed by atoms with E-state index in [1.165, 1.54) is 35.2 Å². The van der Waals surface area contributed by atoms with E-state index in [0.717, 1.165) is 28.1 Å². The van der Waals surface area contributed by atoms with Crippen LogP contribution in [0.25, 0.3) is 11.3 Å². The molecule has 0 bridgehead atoms. The second-order valence-corrected chi connectivity index (χ2v) is 7.98. The molecule has 0 aliphatic rings. The lowest BCUT2D eigenvalue weighted by Crippen LogP contribution is -2.11. The maximum atomic E-state index is 10.9. The van der Waals surface area contributed by atoms with Gasteiger partial charge in [0.25, 0.3) is 0 Å². The van der Waals surface area contributed by atoms with Crippen LogP contribution in [0.2, 0.25) is 0 Å². The van der Waals surface area contributed by atoms with Crippen LogP contribution in [0.4, 0.5) is 11.6 Å². The largest absolute Gasteiger partial charge is 0.433 e. The first-order valence-electron chi connectivity index (χ1n) is 9.59. The molecule has 31 heavy (non-hydrogen) atoms. The Hall–Kier alpha value is -3.78. The number of rotatable bonds is 5. The number of hydrogen-bond acceptors (Lipinski definition) is 6. The Morgan fingerprint density at radius 1 is 1.03 bits per heavy atom. The topological polar surface area (TPSA) is 85.9 Å². The Morgan fingerprint density at radius 2 is 1.81 bits per heavy atom. The first-order valence-corrected chi connectivity index (χ1v) is 10.5. The minimum Gasteiger partial charge on any atom is -0.400 e. The van der Waals surface area contributed by atoms with Gasteiger partial charge in [-0.1, -0.05) is 35.9 Å². The van der Waals surface area contributed by atoms with Crippen LogP contribution < -0.4 is 4.80 Å². The van der Waals surface area contributed by atoms with Crippen molar-refractivity contribution < 1.29 is 9.34 Å². The summed E-state index contributed by atoms with van der Waals surface area (Å²) >= 11 is 1.47. The number of aromatic nitrogens is 1. The minimum absolute atomic E-state index is 0.289. The van der Waals surface area contributed by atoms with Crippen molar-refractivity contribution in [2.75, 3.05) is 0 Å². The lowest BCUT2D eigenvalue weighted by Gasteiger charge is -2.04. The Balaban J connectivity index is 1.82. The summed E-state index contributed by atoms with van der Waals surface area (Å²) in [5, 5.41) is 17.4. The molecule has 0 saturated heterocycles. The molecule has 156 valence electrons. The van der Waals surface area contributed by atoms with Crippen molar-refractivity contribution in [1.82, 2.24) is 4.68 Å². The highest BCUT2D eigenvalue weighted by atomic mass is 32.1. The third kappa shape index (κ3) is 4.54. The third-order valence-corrected chi connectivity index (χ3v) is 5.66. The monoisotopic (exact) mass is 432 g/mol. The molecule has 0 amide bonds. The predicted octanol–water partition coefficient (Wildman–Crippen LogP) is 5.76. The molecule has 4 aromatic rings. The average Bonchev–Trinajstić information content (AvgIpc) is 3.37. The molecule has 0 atom stereocenters. The van der Waals surface area contributed by atoms with Gasteiger partial charge < -0.3 is 4.42 Å². The fourth-order valence-corrected chi connectivity index (χ4v) is 3.80. The van der Waals surface area contributed by atoms with E-state index in [9.17, 15) is 10.1 Å². The van der Waals surface area contributed by atoms with Crippen LogP contribution >= 0.6 is 11.3 Å². The van der Waals surface area contributed by atoms with Crippen LogP contribution in [0.1, 0.15) is 22.5 Å². The Labute approximate surface area is 182 Å². The van der Waals surface area contributed by atoms with Crippen molar-refractivity contribution in [2.45, 2.75) is 20.8 Å². The molecule has 0 aliphatic heterocycles. The Kier molecular flexibility index (Phi) is 5.64. The number of hydrogen-bond donors (Lipinski definition) is 0. The molecule has 8 heteroatoms. The summed E-state index contributed by atoms with van der Waals surface area (Å²) in [4.78, 5) is 15.8. The molecule has 0 unspecified atom stereocenters. The smallest absolute Gasteiger partial charge is 0.400 e. The van der Waals surface area contributed by atoms with Crippen molar-refractivity contribution in [3.8, 4) is 11.3 Å². The first kappa shape index (κ1) is 20.5. The van der Waals surface area contributed by atoms with Crippen LogP contribution in [0, 0.1) is 30.9 Å². The molecular weight excluding hydrogens is 412 g/mol. The van der Waals surface area contributed by atoms with Gasteiger partial charge in [-0.25, -0.2) is 9.67 Å². The highest BCUT2D eigenvalue weighted by molar-refractivity contribution is 7.07. The van der Waals surface area contributed by atoms with Gasteiger partial charge in [0.1, 0.15) is 4.92 Å². The third-order valence-electron chi connectivity index (χ3n) is 4.84. The van der Waals surface area contributed by atoms with Crippen molar-refractivity contribution in [1.29, 1.82) is 0 Å². The number of nitrogens with zero attached hydrogens (tertiary/aromatic N) is 4. The quantitative estimate of drug-likeness (QED) is 0.228. The maximum absolute atomic E-state index is 10.9. The Bertz CT molecular complexity index is 1340. The number of furan rings is 1. The van der Waals surface area contributed by atoms with Gasteiger partial charge in [-0.15, -0.1) is 11.3 Å². The summed E-state index contributed by atoms with van der Waals surface area (Å²) in [5.74, 6) is -0.0343. The van der Waals surface area contributed by atoms with E-state index in [-0.39, 0.29) is 11.6 Å². The van der Waals surface area contributed by atoms with E-state index < -0.39 is 4.92 Å². The molecule has 0 radical (unpaired) electrons. The number of thiazole rings is 1. The highest BCUT2D eigenvalue weighted by Gasteiger charge is 2.12. The molecule has 0 aliphatic carbocycles. The van der Waals surface area contributed by atoms with Gasteiger partial charge in [0.2, 0.25) is 4.80 Å².